The van der Waals surface area contributed by atoms with Crippen molar-refractivity contribution in [3.63, 3.8) is 0 Å². The summed E-state index contributed by atoms with van der Waals surface area (Å²) in [5.41, 5.74) is 5.23. The number of hydrogen-bond acceptors (Lipinski definition) is 7. The smallest absolute Gasteiger partial charge is 0.423 e. The third-order valence-electron chi connectivity index (χ3n) is 5.41. The summed E-state index contributed by atoms with van der Waals surface area (Å²) in [5.74, 6) is 1.15. The summed E-state index contributed by atoms with van der Waals surface area (Å²) in [6.07, 6.45) is 0.682. The molecule has 4 aromatic rings. The van der Waals surface area contributed by atoms with Crippen molar-refractivity contribution in [2.45, 2.75) is 33.4 Å². The monoisotopic (exact) mass is 431 g/mol. The number of aryl methyl sites for hydroxylation is 2. The first-order chi connectivity index (χ1) is 15.5. The van der Waals surface area contributed by atoms with Crippen LogP contribution < -0.4 is 10.8 Å². The van der Waals surface area contributed by atoms with E-state index in [4.69, 9.17) is 9.72 Å². The Labute approximate surface area is 187 Å². The van der Waals surface area contributed by atoms with E-state index >= 15 is 0 Å². The van der Waals surface area contributed by atoms with Crippen LogP contribution >= 0.6 is 0 Å². The zero-order valence-corrected chi connectivity index (χ0v) is 18.4. The standard InChI is InChI=1S/C23H26BN5O3/c1-4-20-22(25-13-16-7-5-9-18(12-16)24(30)31)26-23(28-27-20)29-15(2)11-19-17(14-32-3)8-6-10-21(19)29/h5-12,30-31H,4,13-14H2,1-3H3,(H,25,26,28). The van der Waals surface area contributed by atoms with Gasteiger partial charge in [0.15, 0.2) is 5.82 Å². The van der Waals surface area contributed by atoms with Crippen LogP contribution in [0.4, 0.5) is 5.82 Å². The van der Waals surface area contributed by atoms with Crippen molar-refractivity contribution in [1.82, 2.24) is 19.7 Å². The highest BCUT2D eigenvalue weighted by Crippen LogP contribution is 2.26. The number of nitrogens with one attached hydrogen (secondary N) is 1. The quantitative estimate of drug-likeness (QED) is 0.367. The van der Waals surface area contributed by atoms with Crippen LogP contribution in [0.5, 0.6) is 0 Å². The molecule has 2 aromatic heterocycles. The lowest BCUT2D eigenvalue weighted by Gasteiger charge is -2.13. The van der Waals surface area contributed by atoms with Crippen LogP contribution in [-0.2, 0) is 24.3 Å². The predicted octanol–water partition coefficient (Wildman–Crippen LogP) is 2.12. The van der Waals surface area contributed by atoms with E-state index in [1.54, 1.807) is 25.3 Å². The molecule has 4 rings (SSSR count). The summed E-state index contributed by atoms with van der Waals surface area (Å²) in [6.45, 7) is 5.03. The van der Waals surface area contributed by atoms with Gasteiger partial charge >= 0.3 is 7.12 Å². The van der Waals surface area contributed by atoms with E-state index in [1.807, 2.05) is 36.6 Å². The molecule has 0 spiro atoms. The summed E-state index contributed by atoms with van der Waals surface area (Å²) < 4.78 is 7.34. The average molecular weight is 431 g/mol. The molecule has 0 unspecified atom stereocenters. The highest BCUT2D eigenvalue weighted by Gasteiger charge is 2.16. The lowest BCUT2D eigenvalue weighted by molar-refractivity contribution is 0.186. The Bertz CT molecular complexity index is 1240. The van der Waals surface area contributed by atoms with Crippen LogP contribution in [-0.4, -0.2) is 44.0 Å². The summed E-state index contributed by atoms with van der Waals surface area (Å²) >= 11 is 0. The molecule has 2 heterocycles. The summed E-state index contributed by atoms with van der Waals surface area (Å²) in [6, 6.07) is 15.3. The molecule has 0 saturated carbocycles. The maximum absolute atomic E-state index is 9.42. The average Bonchev–Trinajstić information content (AvgIpc) is 3.14. The third-order valence-corrected chi connectivity index (χ3v) is 5.41. The van der Waals surface area contributed by atoms with E-state index in [-0.39, 0.29) is 0 Å². The molecule has 0 saturated heterocycles. The topological polar surface area (TPSA) is 105 Å². The molecule has 164 valence electrons. The normalized spacial score (nSPS) is 11.2. The van der Waals surface area contributed by atoms with Gasteiger partial charge in [-0.1, -0.05) is 43.3 Å². The van der Waals surface area contributed by atoms with Crippen LogP contribution in [0.3, 0.4) is 0 Å². The fourth-order valence-corrected chi connectivity index (χ4v) is 3.83. The Morgan fingerprint density at radius 1 is 1.09 bits per heavy atom. The zero-order chi connectivity index (χ0) is 22.7. The van der Waals surface area contributed by atoms with E-state index in [2.05, 4.69) is 27.6 Å². The summed E-state index contributed by atoms with van der Waals surface area (Å²) in [5, 5.41) is 32.1. The fourth-order valence-electron chi connectivity index (χ4n) is 3.83. The molecule has 8 nitrogen and oxygen atoms in total. The molecule has 9 heteroatoms. The second kappa shape index (κ2) is 9.48. The number of benzene rings is 2. The lowest BCUT2D eigenvalue weighted by Crippen LogP contribution is -2.30. The molecule has 3 N–H and O–H groups in total. The number of aromatic nitrogens is 4. The predicted molar refractivity (Wildman–Crippen MR) is 125 cm³/mol. The molecule has 0 aliphatic heterocycles. The van der Waals surface area contributed by atoms with Gasteiger partial charge in [0.2, 0.25) is 0 Å². The molecule has 32 heavy (non-hydrogen) atoms. The van der Waals surface area contributed by atoms with Gasteiger partial charge < -0.3 is 20.1 Å². The molecule has 0 aliphatic carbocycles. The SMILES string of the molecule is CCc1nnc(-n2c(C)cc3c(COC)cccc32)nc1NCc1cccc(B(O)O)c1. The van der Waals surface area contributed by atoms with Crippen molar-refractivity contribution >= 4 is 29.3 Å². The van der Waals surface area contributed by atoms with Crippen LogP contribution in [0.2, 0.25) is 0 Å². The number of ether oxygens (including phenoxy) is 1. The van der Waals surface area contributed by atoms with Crippen molar-refractivity contribution in [3.05, 3.63) is 71.0 Å². The first-order valence-electron chi connectivity index (χ1n) is 10.5. The lowest BCUT2D eigenvalue weighted by atomic mass is 9.80. The first kappa shape index (κ1) is 21.9. The van der Waals surface area contributed by atoms with Gasteiger partial charge in [-0.05, 0) is 42.1 Å². The number of methoxy groups -OCH3 is 1. The molecular formula is C23H26BN5O3. The molecule has 0 aliphatic rings. The summed E-state index contributed by atoms with van der Waals surface area (Å²) in [4.78, 5) is 4.79. The highest BCUT2D eigenvalue weighted by atomic mass is 16.5. The molecule has 0 atom stereocenters. The van der Waals surface area contributed by atoms with Crippen molar-refractivity contribution in [3.8, 4) is 5.95 Å². The minimum atomic E-state index is -1.50. The van der Waals surface area contributed by atoms with Crippen molar-refractivity contribution < 1.29 is 14.8 Å². The van der Waals surface area contributed by atoms with Gasteiger partial charge in [0.25, 0.3) is 5.95 Å². The van der Waals surface area contributed by atoms with Crippen molar-refractivity contribution in [2.75, 3.05) is 12.4 Å². The number of anilines is 1. The minimum absolute atomic E-state index is 0.447. The van der Waals surface area contributed by atoms with E-state index < -0.39 is 7.12 Å². The van der Waals surface area contributed by atoms with Gasteiger partial charge in [-0.3, -0.25) is 4.57 Å². The molecule has 2 aromatic carbocycles. The molecule has 0 bridgehead atoms. The van der Waals surface area contributed by atoms with Crippen molar-refractivity contribution in [1.29, 1.82) is 0 Å². The Morgan fingerprint density at radius 3 is 2.66 bits per heavy atom. The zero-order valence-electron chi connectivity index (χ0n) is 18.4. The molecule has 0 radical (unpaired) electrons. The Balaban J connectivity index is 1.69. The number of rotatable bonds is 8. The van der Waals surface area contributed by atoms with Gasteiger partial charge in [0.05, 0.1) is 12.1 Å². The number of hydrogen-bond donors (Lipinski definition) is 3. The fraction of sp³-hybridized carbons (Fsp3) is 0.261. The first-order valence-corrected chi connectivity index (χ1v) is 10.5. The Hall–Kier alpha value is -3.27. The molecule has 0 amide bonds. The van der Waals surface area contributed by atoms with E-state index in [0.717, 1.165) is 33.4 Å². The van der Waals surface area contributed by atoms with Crippen LogP contribution in [0.1, 0.15) is 29.4 Å². The van der Waals surface area contributed by atoms with Gasteiger partial charge in [-0.2, -0.15) is 4.98 Å². The van der Waals surface area contributed by atoms with E-state index in [1.165, 1.54) is 0 Å². The number of fused-ring (bicyclic) bond motifs is 1. The van der Waals surface area contributed by atoms with Gasteiger partial charge in [0.1, 0.15) is 5.69 Å². The van der Waals surface area contributed by atoms with Gasteiger partial charge in [0, 0.05) is 24.7 Å². The molecular weight excluding hydrogens is 405 g/mol. The van der Waals surface area contributed by atoms with E-state index in [9.17, 15) is 10.0 Å². The second-order valence-electron chi connectivity index (χ2n) is 7.64. The summed E-state index contributed by atoms with van der Waals surface area (Å²) in [7, 11) is 0.190. The van der Waals surface area contributed by atoms with Crippen LogP contribution in [0, 0.1) is 6.92 Å². The second-order valence-corrected chi connectivity index (χ2v) is 7.64. The molecule has 0 fully saturated rings. The third kappa shape index (κ3) is 4.36. The maximum atomic E-state index is 9.42. The Kier molecular flexibility index (Phi) is 6.50. The minimum Gasteiger partial charge on any atom is -0.423 e. The Morgan fingerprint density at radius 2 is 1.91 bits per heavy atom. The van der Waals surface area contributed by atoms with Gasteiger partial charge in [-0.15, -0.1) is 10.2 Å². The van der Waals surface area contributed by atoms with E-state index in [0.29, 0.717) is 36.8 Å². The maximum Gasteiger partial charge on any atom is 0.488 e. The highest BCUT2D eigenvalue weighted by molar-refractivity contribution is 6.58. The van der Waals surface area contributed by atoms with Crippen LogP contribution in [0.25, 0.3) is 16.9 Å². The largest absolute Gasteiger partial charge is 0.488 e. The van der Waals surface area contributed by atoms with Crippen molar-refractivity contribution in [2.24, 2.45) is 0 Å². The van der Waals surface area contributed by atoms with Crippen LogP contribution in [0.15, 0.2) is 48.5 Å². The number of nitrogens with zero attached hydrogens (tertiary/aromatic N) is 4. The van der Waals surface area contributed by atoms with Gasteiger partial charge in [-0.25, -0.2) is 0 Å².